The number of rotatable bonds is 0. The molecule has 0 aliphatic heterocycles. The van der Waals surface area contributed by atoms with Crippen LogP contribution < -0.4 is 0 Å². The molecule has 4 atom stereocenters. The first-order valence-corrected chi connectivity index (χ1v) is 4.32. The van der Waals surface area contributed by atoms with Crippen molar-refractivity contribution >= 4 is 0 Å². The zero-order valence-corrected chi connectivity index (χ0v) is 6.77. The minimum absolute atomic E-state index is 0.171. The SMILES string of the molecule is N#C[C@H]1C[C@H]2C=C[C@@H]1C[C@@H]2C#N. The van der Waals surface area contributed by atoms with E-state index >= 15 is 0 Å². The van der Waals surface area contributed by atoms with Gasteiger partial charge in [-0.15, -0.1) is 0 Å². The molecule has 12 heavy (non-hydrogen) atoms. The predicted molar refractivity (Wildman–Crippen MR) is 43.6 cm³/mol. The zero-order chi connectivity index (χ0) is 8.55. The lowest BCUT2D eigenvalue weighted by atomic mass is 9.65. The number of allylic oxidation sites excluding steroid dienone is 2. The summed E-state index contributed by atoms with van der Waals surface area (Å²) in [6.07, 6.45) is 6.04. The van der Waals surface area contributed by atoms with Crippen LogP contribution in [-0.2, 0) is 0 Å². The fourth-order valence-corrected chi connectivity index (χ4v) is 2.27. The van der Waals surface area contributed by atoms with Crippen LogP contribution in [0.4, 0.5) is 0 Å². The number of nitriles is 2. The maximum atomic E-state index is 8.81. The lowest BCUT2D eigenvalue weighted by Crippen LogP contribution is -2.32. The van der Waals surface area contributed by atoms with Crippen LogP contribution in [0.15, 0.2) is 12.2 Å². The van der Waals surface area contributed by atoms with Crippen molar-refractivity contribution in [3.05, 3.63) is 12.2 Å². The van der Waals surface area contributed by atoms with Crippen LogP contribution in [0.5, 0.6) is 0 Å². The third-order valence-electron chi connectivity index (χ3n) is 3.02. The van der Waals surface area contributed by atoms with Gasteiger partial charge in [0.2, 0.25) is 0 Å². The molecule has 3 rings (SSSR count). The molecule has 2 heteroatoms. The van der Waals surface area contributed by atoms with Gasteiger partial charge in [-0.05, 0) is 24.7 Å². The molecule has 60 valence electrons. The minimum atomic E-state index is 0.171. The number of hydrogen-bond acceptors (Lipinski definition) is 2. The Hall–Kier alpha value is -1.28. The highest BCUT2D eigenvalue weighted by molar-refractivity contribution is 5.16. The van der Waals surface area contributed by atoms with Crippen molar-refractivity contribution in [2.45, 2.75) is 12.8 Å². The van der Waals surface area contributed by atoms with Gasteiger partial charge in [0.15, 0.2) is 0 Å². The molecule has 3 aliphatic carbocycles. The highest BCUT2D eigenvalue weighted by Crippen LogP contribution is 2.43. The van der Waals surface area contributed by atoms with Crippen LogP contribution in [-0.4, -0.2) is 0 Å². The molecule has 0 amide bonds. The Labute approximate surface area is 72.1 Å². The zero-order valence-electron chi connectivity index (χ0n) is 6.77. The predicted octanol–water partition coefficient (Wildman–Crippen LogP) is 1.86. The van der Waals surface area contributed by atoms with E-state index in [0.29, 0.717) is 11.8 Å². The van der Waals surface area contributed by atoms with Crippen LogP contribution in [0.3, 0.4) is 0 Å². The lowest BCUT2D eigenvalue weighted by molar-refractivity contribution is 0.220. The van der Waals surface area contributed by atoms with Crippen molar-refractivity contribution in [3.8, 4) is 12.1 Å². The third kappa shape index (κ3) is 0.924. The van der Waals surface area contributed by atoms with Gasteiger partial charge in [-0.2, -0.15) is 10.5 Å². The minimum Gasteiger partial charge on any atom is -0.198 e. The molecule has 0 N–H and O–H groups in total. The van der Waals surface area contributed by atoms with Crippen molar-refractivity contribution in [1.82, 2.24) is 0 Å². The summed E-state index contributed by atoms with van der Waals surface area (Å²) in [4.78, 5) is 0. The summed E-state index contributed by atoms with van der Waals surface area (Å²) in [7, 11) is 0. The van der Waals surface area contributed by atoms with E-state index < -0.39 is 0 Å². The van der Waals surface area contributed by atoms with E-state index in [9.17, 15) is 0 Å². The molecule has 0 spiro atoms. The molecule has 3 aliphatic rings. The highest BCUT2D eigenvalue weighted by atomic mass is 14.4. The molecular formula is C10H10N2. The molecule has 0 aromatic rings. The Morgan fingerprint density at radius 3 is 1.58 bits per heavy atom. The van der Waals surface area contributed by atoms with Crippen LogP contribution in [0, 0.1) is 46.3 Å². The first kappa shape index (κ1) is 7.37. The monoisotopic (exact) mass is 158 g/mol. The average molecular weight is 158 g/mol. The Bertz CT molecular complexity index is 262. The number of nitrogens with zero attached hydrogens (tertiary/aromatic N) is 2. The Kier molecular flexibility index (Phi) is 1.62. The fraction of sp³-hybridized carbons (Fsp3) is 0.600. The van der Waals surface area contributed by atoms with Gasteiger partial charge in [0.25, 0.3) is 0 Å². The van der Waals surface area contributed by atoms with Crippen molar-refractivity contribution in [2.75, 3.05) is 0 Å². The summed E-state index contributed by atoms with van der Waals surface area (Å²) in [5.74, 6) is 1.04. The van der Waals surface area contributed by atoms with Crippen molar-refractivity contribution in [2.24, 2.45) is 23.7 Å². The van der Waals surface area contributed by atoms with Gasteiger partial charge in [0.05, 0.1) is 24.0 Å². The molecule has 0 heterocycles. The highest BCUT2D eigenvalue weighted by Gasteiger charge is 2.38. The normalized spacial score (nSPS) is 43.5. The third-order valence-corrected chi connectivity index (χ3v) is 3.02. The van der Waals surface area contributed by atoms with Crippen molar-refractivity contribution < 1.29 is 0 Å². The molecular weight excluding hydrogens is 148 g/mol. The van der Waals surface area contributed by atoms with Crippen LogP contribution >= 0.6 is 0 Å². The van der Waals surface area contributed by atoms with Crippen LogP contribution in [0.25, 0.3) is 0 Å². The van der Waals surface area contributed by atoms with E-state index in [1.807, 2.05) is 0 Å². The second-order valence-corrected chi connectivity index (χ2v) is 3.66. The van der Waals surface area contributed by atoms with E-state index in [4.69, 9.17) is 10.5 Å². The Balaban J connectivity index is 2.22. The largest absolute Gasteiger partial charge is 0.198 e. The topological polar surface area (TPSA) is 47.6 Å². The molecule has 2 nitrogen and oxygen atoms in total. The maximum Gasteiger partial charge on any atom is 0.0662 e. The summed E-state index contributed by atoms with van der Waals surface area (Å²) >= 11 is 0. The van der Waals surface area contributed by atoms with E-state index in [-0.39, 0.29) is 11.8 Å². The molecule has 1 fully saturated rings. The van der Waals surface area contributed by atoms with Crippen LogP contribution in [0.1, 0.15) is 12.8 Å². The molecule has 0 aromatic heterocycles. The van der Waals surface area contributed by atoms with Gasteiger partial charge >= 0.3 is 0 Å². The van der Waals surface area contributed by atoms with Gasteiger partial charge in [0, 0.05) is 0 Å². The maximum absolute atomic E-state index is 8.81. The molecule has 0 saturated heterocycles. The average Bonchev–Trinajstić information content (AvgIpc) is 2.18. The van der Waals surface area contributed by atoms with E-state index in [1.54, 1.807) is 0 Å². The Morgan fingerprint density at radius 2 is 1.33 bits per heavy atom. The summed E-state index contributed by atoms with van der Waals surface area (Å²) in [6, 6.07) is 4.64. The van der Waals surface area contributed by atoms with Crippen molar-refractivity contribution in [3.63, 3.8) is 0 Å². The second kappa shape index (κ2) is 2.64. The van der Waals surface area contributed by atoms with Gasteiger partial charge in [0.1, 0.15) is 0 Å². The molecule has 0 radical (unpaired) electrons. The van der Waals surface area contributed by atoms with Gasteiger partial charge in [-0.3, -0.25) is 0 Å². The van der Waals surface area contributed by atoms with Crippen molar-refractivity contribution in [1.29, 1.82) is 10.5 Å². The van der Waals surface area contributed by atoms with E-state index in [0.717, 1.165) is 12.8 Å². The van der Waals surface area contributed by atoms with Gasteiger partial charge in [-0.1, -0.05) is 12.2 Å². The van der Waals surface area contributed by atoms with Gasteiger partial charge in [-0.25, -0.2) is 0 Å². The molecule has 0 unspecified atom stereocenters. The fourth-order valence-electron chi connectivity index (χ4n) is 2.27. The molecule has 0 aromatic carbocycles. The summed E-state index contributed by atoms with van der Waals surface area (Å²) < 4.78 is 0. The first-order chi connectivity index (χ1) is 5.85. The molecule has 1 saturated carbocycles. The number of fused-ring (bicyclic) bond motifs is 2. The standard InChI is InChI=1S/C10H10N2/c11-5-9-4-8-2-1-7(9)3-10(8)6-12/h1-2,7-10H,3-4H2/t7-,8-,9-,10-/m1/s1. The van der Waals surface area contributed by atoms with Gasteiger partial charge < -0.3 is 0 Å². The summed E-state index contributed by atoms with van der Waals surface area (Å²) in [5.41, 5.74) is 0. The van der Waals surface area contributed by atoms with E-state index in [1.165, 1.54) is 0 Å². The summed E-state index contributed by atoms with van der Waals surface area (Å²) in [6.45, 7) is 0. The second-order valence-electron chi connectivity index (χ2n) is 3.66. The lowest BCUT2D eigenvalue weighted by Gasteiger charge is -2.37. The summed E-state index contributed by atoms with van der Waals surface area (Å²) in [5, 5.41) is 17.6. The number of hydrogen-bond donors (Lipinski definition) is 0. The smallest absolute Gasteiger partial charge is 0.0662 e. The molecule has 2 bridgehead atoms. The van der Waals surface area contributed by atoms with E-state index in [2.05, 4.69) is 24.3 Å². The first-order valence-electron chi connectivity index (χ1n) is 4.32. The van der Waals surface area contributed by atoms with Crippen LogP contribution in [0.2, 0.25) is 0 Å². The Morgan fingerprint density at radius 1 is 0.917 bits per heavy atom. The quantitative estimate of drug-likeness (QED) is 0.505.